The molecule has 0 bridgehead atoms. The van der Waals surface area contributed by atoms with Crippen molar-refractivity contribution in [2.45, 2.75) is 47.6 Å². The van der Waals surface area contributed by atoms with E-state index in [9.17, 15) is 19.7 Å². The molecule has 10 heteroatoms. The van der Waals surface area contributed by atoms with Gasteiger partial charge in [0.15, 0.2) is 0 Å². The van der Waals surface area contributed by atoms with Crippen LogP contribution in [0.2, 0.25) is 0 Å². The number of aryl methyl sites for hydroxylation is 2. The quantitative estimate of drug-likeness (QED) is 0.438. The van der Waals surface area contributed by atoms with E-state index in [0.29, 0.717) is 16.3 Å². The summed E-state index contributed by atoms with van der Waals surface area (Å²) in [5.41, 5.74) is 1.59. The molecule has 0 atom stereocenters. The summed E-state index contributed by atoms with van der Waals surface area (Å²) < 4.78 is 6.38. The normalized spacial score (nSPS) is 10.7. The van der Waals surface area contributed by atoms with E-state index >= 15 is 0 Å². The topological polar surface area (TPSA) is 116 Å². The maximum Gasteiger partial charge on any atom is 0.341 e. The smallest absolute Gasteiger partial charge is 0.341 e. The van der Waals surface area contributed by atoms with E-state index < -0.39 is 16.8 Å². The fraction of sp³-hybridized carbons (Fsp3) is 0.471. The predicted molar refractivity (Wildman–Crippen MR) is 101 cm³/mol. The van der Waals surface area contributed by atoms with Crippen molar-refractivity contribution in [3.8, 4) is 0 Å². The highest BCUT2D eigenvalue weighted by atomic mass is 32.1. The van der Waals surface area contributed by atoms with E-state index in [1.54, 1.807) is 13.8 Å². The molecular weight excluding hydrogens is 372 g/mol. The van der Waals surface area contributed by atoms with Crippen LogP contribution >= 0.6 is 11.3 Å². The van der Waals surface area contributed by atoms with Gasteiger partial charge in [0.05, 0.1) is 17.1 Å². The van der Waals surface area contributed by atoms with E-state index in [0.717, 1.165) is 16.9 Å². The van der Waals surface area contributed by atoms with Gasteiger partial charge in [-0.3, -0.25) is 19.6 Å². The van der Waals surface area contributed by atoms with Gasteiger partial charge >= 0.3 is 11.7 Å². The summed E-state index contributed by atoms with van der Waals surface area (Å²) in [6.07, 6.45) is 0.725. The molecule has 0 saturated heterocycles. The van der Waals surface area contributed by atoms with Crippen LogP contribution in [0.15, 0.2) is 0 Å². The summed E-state index contributed by atoms with van der Waals surface area (Å²) in [6, 6.07) is 0. The lowest BCUT2D eigenvalue weighted by molar-refractivity contribution is -0.386. The molecule has 0 aliphatic heterocycles. The van der Waals surface area contributed by atoms with Gasteiger partial charge in [0.2, 0.25) is 5.91 Å². The Balaban J connectivity index is 2.27. The molecule has 146 valence electrons. The second-order valence-electron chi connectivity index (χ2n) is 5.91. The van der Waals surface area contributed by atoms with Crippen LogP contribution in [0.1, 0.15) is 46.0 Å². The van der Waals surface area contributed by atoms with Crippen molar-refractivity contribution in [3.05, 3.63) is 37.5 Å². The number of carbonyl (C=O) groups excluding carboxylic acids is 2. The van der Waals surface area contributed by atoms with Crippen LogP contribution < -0.4 is 5.32 Å². The van der Waals surface area contributed by atoms with Gasteiger partial charge in [0.1, 0.15) is 22.9 Å². The highest BCUT2D eigenvalue weighted by Crippen LogP contribution is 2.34. The minimum Gasteiger partial charge on any atom is -0.462 e. The molecule has 0 aliphatic carbocycles. The highest BCUT2D eigenvalue weighted by Gasteiger charge is 2.25. The number of amides is 1. The molecule has 2 aromatic heterocycles. The zero-order valence-electron chi connectivity index (χ0n) is 15.9. The monoisotopic (exact) mass is 394 g/mol. The number of rotatable bonds is 7. The lowest BCUT2D eigenvalue weighted by atomic mass is 10.1. The average molecular weight is 394 g/mol. The molecule has 0 unspecified atom stereocenters. The first kappa shape index (κ1) is 20.6. The van der Waals surface area contributed by atoms with Crippen molar-refractivity contribution < 1.29 is 19.2 Å². The standard InChI is InChI=1S/C17H22N4O5S/c1-6-12-9(3)14(17(23)26-7-2)16(27-12)18-13(22)8-20-11(5)15(21(24)25)10(4)19-20/h6-8H2,1-5H3,(H,18,22). The Bertz CT molecular complexity index is 900. The van der Waals surface area contributed by atoms with Crippen molar-refractivity contribution >= 4 is 33.9 Å². The lowest BCUT2D eigenvalue weighted by Gasteiger charge is -2.08. The molecule has 0 radical (unpaired) electrons. The molecule has 1 N–H and O–H groups in total. The molecule has 0 fully saturated rings. The summed E-state index contributed by atoms with van der Waals surface area (Å²) in [7, 11) is 0. The van der Waals surface area contributed by atoms with E-state index in [4.69, 9.17) is 4.74 Å². The van der Waals surface area contributed by atoms with Crippen LogP contribution in [0.3, 0.4) is 0 Å². The third kappa shape index (κ3) is 4.16. The Morgan fingerprint density at radius 3 is 2.48 bits per heavy atom. The third-order valence-corrected chi connectivity index (χ3v) is 5.47. The van der Waals surface area contributed by atoms with Crippen molar-refractivity contribution in [2.75, 3.05) is 11.9 Å². The van der Waals surface area contributed by atoms with E-state index in [2.05, 4.69) is 10.4 Å². The Hall–Kier alpha value is -2.75. The molecule has 1 amide bonds. The first-order valence-corrected chi connectivity index (χ1v) is 9.30. The van der Waals surface area contributed by atoms with Gasteiger partial charge in [-0.05, 0) is 39.7 Å². The number of esters is 1. The number of anilines is 1. The van der Waals surface area contributed by atoms with Gasteiger partial charge < -0.3 is 10.1 Å². The van der Waals surface area contributed by atoms with Crippen LogP contribution in [-0.4, -0.2) is 33.2 Å². The molecule has 0 saturated carbocycles. The maximum absolute atomic E-state index is 12.5. The van der Waals surface area contributed by atoms with Gasteiger partial charge in [-0.2, -0.15) is 5.10 Å². The Morgan fingerprint density at radius 1 is 1.30 bits per heavy atom. The molecule has 2 rings (SSSR count). The largest absolute Gasteiger partial charge is 0.462 e. The summed E-state index contributed by atoms with van der Waals surface area (Å²) >= 11 is 1.33. The van der Waals surface area contributed by atoms with Crippen LogP contribution in [0.5, 0.6) is 0 Å². The molecule has 0 aromatic carbocycles. The summed E-state index contributed by atoms with van der Waals surface area (Å²) in [6.45, 7) is 8.61. The third-order valence-electron chi connectivity index (χ3n) is 4.12. The van der Waals surface area contributed by atoms with Crippen LogP contribution in [0.4, 0.5) is 10.7 Å². The van der Waals surface area contributed by atoms with Gasteiger partial charge in [0.25, 0.3) is 0 Å². The summed E-state index contributed by atoms with van der Waals surface area (Å²) in [4.78, 5) is 36.3. The zero-order chi connectivity index (χ0) is 20.3. The second kappa shape index (κ2) is 8.30. The van der Waals surface area contributed by atoms with Crippen LogP contribution in [0.25, 0.3) is 0 Å². The van der Waals surface area contributed by atoms with Crippen molar-refractivity contribution in [3.63, 3.8) is 0 Å². The molecule has 9 nitrogen and oxygen atoms in total. The number of hydrogen-bond donors (Lipinski definition) is 1. The fourth-order valence-electron chi connectivity index (χ4n) is 2.84. The molecule has 2 heterocycles. The molecule has 27 heavy (non-hydrogen) atoms. The first-order valence-electron chi connectivity index (χ1n) is 8.48. The summed E-state index contributed by atoms with van der Waals surface area (Å²) in [5.74, 6) is -0.909. The first-order chi connectivity index (χ1) is 12.7. The number of aromatic nitrogens is 2. The minimum atomic E-state index is -0.513. The lowest BCUT2D eigenvalue weighted by Crippen LogP contribution is -2.21. The predicted octanol–water partition coefficient (Wildman–Crippen LogP) is 3.16. The fourth-order valence-corrected chi connectivity index (χ4v) is 3.99. The van der Waals surface area contributed by atoms with Crippen molar-refractivity contribution in [1.29, 1.82) is 0 Å². The number of nitrogens with zero attached hydrogens (tertiary/aromatic N) is 3. The minimum absolute atomic E-state index is 0.102. The number of carbonyl (C=O) groups is 2. The maximum atomic E-state index is 12.5. The van der Waals surface area contributed by atoms with Gasteiger partial charge in [0, 0.05) is 4.88 Å². The van der Waals surface area contributed by atoms with Gasteiger partial charge in [-0.25, -0.2) is 4.79 Å². The molecule has 0 spiro atoms. The van der Waals surface area contributed by atoms with Crippen LogP contribution in [0, 0.1) is 30.9 Å². The Kier molecular flexibility index (Phi) is 6.32. The Labute approximate surface area is 160 Å². The van der Waals surface area contributed by atoms with E-state index in [1.807, 2.05) is 13.8 Å². The Morgan fingerprint density at radius 2 is 1.96 bits per heavy atom. The van der Waals surface area contributed by atoms with E-state index in [1.165, 1.54) is 22.9 Å². The molecular formula is C17H22N4O5S. The van der Waals surface area contributed by atoms with Crippen LogP contribution in [-0.2, 0) is 22.5 Å². The number of nitrogens with one attached hydrogen (secondary N) is 1. The second-order valence-corrected chi connectivity index (χ2v) is 7.02. The highest BCUT2D eigenvalue weighted by molar-refractivity contribution is 7.17. The van der Waals surface area contributed by atoms with Crippen molar-refractivity contribution in [2.24, 2.45) is 0 Å². The van der Waals surface area contributed by atoms with Crippen molar-refractivity contribution in [1.82, 2.24) is 9.78 Å². The summed E-state index contributed by atoms with van der Waals surface area (Å²) in [5, 5.41) is 18.3. The average Bonchev–Trinajstić information content (AvgIpc) is 3.03. The van der Waals surface area contributed by atoms with Gasteiger partial charge in [-0.1, -0.05) is 6.92 Å². The van der Waals surface area contributed by atoms with E-state index in [-0.39, 0.29) is 24.5 Å². The number of nitro groups is 1. The number of hydrogen-bond acceptors (Lipinski definition) is 7. The SMILES string of the molecule is CCOC(=O)c1c(NC(=O)Cn2nc(C)c([N+](=O)[O-])c2C)sc(CC)c1C. The zero-order valence-corrected chi connectivity index (χ0v) is 16.7. The number of ether oxygens (including phenoxy) is 1. The molecule has 2 aromatic rings. The van der Waals surface area contributed by atoms with Gasteiger partial charge in [-0.15, -0.1) is 11.3 Å². The number of thiophene rings is 1. The molecule has 0 aliphatic rings.